The smallest absolute Gasteiger partial charge is 0.310 e. The van der Waals surface area contributed by atoms with Crippen molar-refractivity contribution in [3.05, 3.63) is 23.8 Å². The second-order valence-corrected chi connectivity index (χ2v) is 13.2. The molecule has 0 aromatic carbocycles. The van der Waals surface area contributed by atoms with Gasteiger partial charge in [-0.05, 0) is 97.7 Å². The number of carboxylic acids is 1. The fourth-order valence-corrected chi connectivity index (χ4v) is 10.2. The molecule has 0 saturated heterocycles. The zero-order chi connectivity index (χ0) is 23.3. The predicted molar refractivity (Wildman–Crippen MR) is 128 cm³/mol. The molecule has 0 heterocycles. The van der Waals surface area contributed by atoms with Crippen molar-refractivity contribution in [3.8, 4) is 0 Å². The Morgan fingerprint density at radius 1 is 1.06 bits per heavy atom. The quantitative estimate of drug-likeness (QED) is 0.451. The van der Waals surface area contributed by atoms with Gasteiger partial charge in [0.05, 0.1) is 11.5 Å². The molecule has 2 N–H and O–H groups in total. The molecule has 3 nitrogen and oxygen atoms in total. The minimum Gasteiger partial charge on any atom is -0.481 e. The summed E-state index contributed by atoms with van der Waals surface area (Å²) < 4.78 is 0. The van der Waals surface area contributed by atoms with Crippen molar-refractivity contribution < 1.29 is 15.0 Å². The van der Waals surface area contributed by atoms with E-state index in [1.165, 1.54) is 24.0 Å². The maximum atomic E-state index is 12.7. The van der Waals surface area contributed by atoms with Gasteiger partial charge in [-0.15, -0.1) is 0 Å². The summed E-state index contributed by atoms with van der Waals surface area (Å²) in [5.74, 6) is 1.33. The van der Waals surface area contributed by atoms with E-state index < -0.39 is 11.4 Å². The van der Waals surface area contributed by atoms with Gasteiger partial charge >= 0.3 is 5.97 Å². The standard InChI is InChI=1S/C29H44O3/c1-17-9-14-29(25(31)32)16-15-27(5)21(24(29)18(17)2)7-8-23-26(4)12-11-22(30)19(3)20(26)10-13-28(23,27)6/h7,18-20,22-24,30H,1,8-16H2,2-6H3,(H,31,32). The molecule has 0 amide bonds. The number of aliphatic hydroxyl groups is 1. The Balaban J connectivity index is 1.61. The van der Waals surface area contributed by atoms with Gasteiger partial charge in [0.1, 0.15) is 0 Å². The summed E-state index contributed by atoms with van der Waals surface area (Å²) in [6.45, 7) is 16.5. The van der Waals surface area contributed by atoms with Gasteiger partial charge in [0.2, 0.25) is 0 Å². The Morgan fingerprint density at radius 2 is 1.78 bits per heavy atom. The lowest BCUT2D eigenvalue weighted by atomic mass is 9.34. The number of aliphatic carboxylic acids is 1. The molecule has 0 spiro atoms. The van der Waals surface area contributed by atoms with Crippen molar-refractivity contribution in [2.24, 2.45) is 51.2 Å². The van der Waals surface area contributed by atoms with Crippen LogP contribution < -0.4 is 0 Å². The molecule has 32 heavy (non-hydrogen) atoms. The number of carbonyl (C=O) groups is 1. The van der Waals surface area contributed by atoms with Crippen LogP contribution in [0.15, 0.2) is 23.8 Å². The number of aliphatic hydroxyl groups excluding tert-OH is 1. The molecular weight excluding hydrogens is 396 g/mol. The molecule has 10 atom stereocenters. The molecule has 0 radical (unpaired) electrons. The molecule has 5 aliphatic carbocycles. The van der Waals surface area contributed by atoms with E-state index in [1.54, 1.807) is 0 Å². The number of rotatable bonds is 1. The van der Waals surface area contributed by atoms with Gasteiger partial charge in [0, 0.05) is 5.92 Å². The second-order valence-electron chi connectivity index (χ2n) is 13.2. The summed E-state index contributed by atoms with van der Waals surface area (Å²) in [5, 5.41) is 21.1. The third-order valence-corrected chi connectivity index (χ3v) is 12.5. The summed E-state index contributed by atoms with van der Waals surface area (Å²) in [6.07, 6.45) is 11.3. The highest BCUT2D eigenvalue weighted by atomic mass is 16.4. The number of fused-ring (bicyclic) bond motifs is 7. The van der Waals surface area contributed by atoms with Crippen molar-refractivity contribution in [3.63, 3.8) is 0 Å². The van der Waals surface area contributed by atoms with Crippen LogP contribution in [0.5, 0.6) is 0 Å². The molecule has 5 aliphatic rings. The van der Waals surface area contributed by atoms with Gasteiger partial charge in [-0.2, -0.15) is 0 Å². The van der Waals surface area contributed by atoms with E-state index in [4.69, 9.17) is 0 Å². The fourth-order valence-electron chi connectivity index (χ4n) is 10.2. The molecule has 178 valence electrons. The van der Waals surface area contributed by atoms with E-state index in [0.717, 1.165) is 44.9 Å². The topological polar surface area (TPSA) is 57.5 Å². The molecule has 0 aromatic heterocycles. The summed E-state index contributed by atoms with van der Waals surface area (Å²) in [5.41, 5.74) is 2.60. The first-order valence-corrected chi connectivity index (χ1v) is 13.2. The highest BCUT2D eigenvalue weighted by Gasteiger charge is 2.68. The lowest BCUT2D eigenvalue weighted by molar-refractivity contribution is -0.185. The van der Waals surface area contributed by atoms with Gasteiger partial charge in [-0.1, -0.05) is 58.4 Å². The largest absolute Gasteiger partial charge is 0.481 e. The zero-order valence-electron chi connectivity index (χ0n) is 20.9. The van der Waals surface area contributed by atoms with Gasteiger partial charge in [-0.3, -0.25) is 4.79 Å². The normalized spacial score (nSPS) is 55.1. The average Bonchev–Trinajstić information content (AvgIpc) is 2.74. The molecule has 10 unspecified atom stereocenters. The summed E-state index contributed by atoms with van der Waals surface area (Å²) in [6, 6.07) is 0. The van der Waals surface area contributed by atoms with Crippen LogP contribution in [0.2, 0.25) is 0 Å². The van der Waals surface area contributed by atoms with E-state index in [0.29, 0.717) is 17.8 Å². The highest BCUT2D eigenvalue weighted by Crippen LogP contribution is 2.74. The molecule has 5 rings (SSSR count). The van der Waals surface area contributed by atoms with E-state index in [9.17, 15) is 15.0 Å². The third kappa shape index (κ3) is 2.55. The summed E-state index contributed by atoms with van der Waals surface area (Å²) in [7, 11) is 0. The molecule has 0 bridgehead atoms. The molecule has 4 fully saturated rings. The van der Waals surface area contributed by atoms with Crippen LogP contribution in [-0.2, 0) is 4.79 Å². The minimum atomic E-state index is -0.611. The van der Waals surface area contributed by atoms with Gasteiger partial charge in [0.25, 0.3) is 0 Å². The summed E-state index contributed by atoms with van der Waals surface area (Å²) in [4.78, 5) is 12.7. The molecule has 4 saturated carbocycles. The van der Waals surface area contributed by atoms with Crippen LogP contribution in [0.3, 0.4) is 0 Å². The first-order valence-electron chi connectivity index (χ1n) is 13.2. The monoisotopic (exact) mass is 440 g/mol. The van der Waals surface area contributed by atoms with Gasteiger partial charge < -0.3 is 10.2 Å². The lowest BCUT2D eigenvalue weighted by Gasteiger charge is -2.70. The number of hydrogen-bond donors (Lipinski definition) is 2. The molecule has 0 aromatic rings. The van der Waals surface area contributed by atoms with Crippen LogP contribution in [0.4, 0.5) is 0 Å². The number of allylic oxidation sites excluding steroid dienone is 3. The Labute approximate surface area is 194 Å². The van der Waals surface area contributed by atoms with Crippen molar-refractivity contribution >= 4 is 5.97 Å². The highest BCUT2D eigenvalue weighted by molar-refractivity contribution is 5.77. The van der Waals surface area contributed by atoms with E-state index in [-0.39, 0.29) is 34.2 Å². The van der Waals surface area contributed by atoms with Crippen molar-refractivity contribution in [2.45, 2.75) is 98.5 Å². The summed E-state index contributed by atoms with van der Waals surface area (Å²) >= 11 is 0. The van der Waals surface area contributed by atoms with Crippen LogP contribution in [0, 0.1) is 51.2 Å². The Morgan fingerprint density at radius 3 is 2.47 bits per heavy atom. The Hall–Kier alpha value is -1.09. The molecule has 0 aliphatic heterocycles. The van der Waals surface area contributed by atoms with Crippen molar-refractivity contribution in [1.29, 1.82) is 0 Å². The van der Waals surface area contributed by atoms with Crippen LogP contribution in [0.25, 0.3) is 0 Å². The fraction of sp³-hybridized carbons (Fsp3) is 0.828. The molecule has 3 heteroatoms. The number of carboxylic acid groups (broad SMARTS) is 1. The maximum Gasteiger partial charge on any atom is 0.310 e. The van der Waals surface area contributed by atoms with Crippen molar-refractivity contribution in [1.82, 2.24) is 0 Å². The second kappa shape index (κ2) is 6.96. The van der Waals surface area contributed by atoms with Gasteiger partial charge in [-0.25, -0.2) is 0 Å². The van der Waals surface area contributed by atoms with E-state index in [1.807, 2.05) is 0 Å². The van der Waals surface area contributed by atoms with Crippen molar-refractivity contribution in [2.75, 3.05) is 0 Å². The average molecular weight is 441 g/mol. The minimum absolute atomic E-state index is 0.0543. The van der Waals surface area contributed by atoms with E-state index >= 15 is 0 Å². The SMILES string of the molecule is C=C1CCC2(C(=O)O)CCC3(C)C(=CCC4C5(C)CCC(O)C(C)C5CCC43C)C2C1C. The maximum absolute atomic E-state index is 12.7. The van der Waals surface area contributed by atoms with Gasteiger partial charge in [0.15, 0.2) is 0 Å². The van der Waals surface area contributed by atoms with Crippen LogP contribution >= 0.6 is 0 Å². The first-order chi connectivity index (χ1) is 14.9. The predicted octanol–water partition coefficient (Wildman–Crippen LogP) is 6.62. The first kappa shape index (κ1) is 22.7. The molecular formula is C29H44O3. The van der Waals surface area contributed by atoms with E-state index in [2.05, 4.69) is 47.3 Å². The Bertz CT molecular complexity index is 874. The zero-order valence-corrected chi connectivity index (χ0v) is 20.9. The van der Waals surface area contributed by atoms with Crippen LogP contribution in [0.1, 0.15) is 92.4 Å². The Kier molecular flexibility index (Phi) is 4.94. The lowest BCUT2D eigenvalue weighted by Crippen LogP contribution is -2.64. The number of hydrogen-bond acceptors (Lipinski definition) is 2. The third-order valence-electron chi connectivity index (χ3n) is 12.5. The van der Waals surface area contributed by atoms with Crippen LogP contribution in [-0.4, -0.2) is 22.3 Å².